The summed E-state index contributed by atoms with van der Waals surface area (Å²) in [5.74, 6) is -0.0320. The lowest BCUT2D eigenvalue weighted by Crippen LogP contribution is -2.27. The lowest BCUT2D eigenvalue weighted by molar-refractivity contribution is 0.0906. The molecule has 0 bridgehead atoms. The maximum atomic E-state index is 11.9. The summed E-state index contributed by atoms with van der Waals surface area (Å²) in [5, 5.41) is 2.92. The van der Waals surface area contributed by atoms with Gasteiger partial charge >= 0.3 is 0 Å². The molecule has 1 aliphatic heterocycles. The van der Waals surface area contributed by atoms with Crippen molar-refractivity contribution in [1.29, 1.82) is 0 Å². The van der Waals surface area contributed by atoms with E-state index in [0.29, 0.717) is 18.2 Å². The molecule has 1 aromatic carbocycles. The van der Waals surface area contributed by atoms with Gasteiger partial charge in [-0.1, -0.05) is 12.1 Å². The van der Waals surface area contributed by atoms with Gasteiger partial charge in [-0.15, -0.1) is 0 Å². The molecular formula is C13H16BrNO2. The molecule has 1 aliphatic rings. The van der Waals surface area contributed by atoms with Gasteiger partial charge < -0.3 is 10.1 Å². The van der Waals surface area contributed by atoms with Crippen molar-refractivity contribution in [2.75, 3.05) is 13.2 Å². The monoisotopic (exact) mass is 297 g/mol. The van der Waals surface area contributed by atoms with Crippen molar-refractivity contribution in [2.24, 2.45) is 0 Å². The van der Waals surface area contributed by atoms with Crippen molar-refractivity contribution in [3.05, 3.63) is 34.3 Å². The molecule has 92 valence electrons. The number of hydrogen-bond donors (Lipinski definition) is 1. The van der Waals surface area contributed by atoms with E-state index in [1.54, 1.807) is 0 Å². The summed E-state index contributed by atoms with van der Waals surface area (Å²) in [6.45, 7) is 1.54. The number of amides is 1. The SMILES string of the molecule is O=C(NCCC1CCCO1)c1ccccc1Br. The average Bonchev–Trinajstić information content (AvgIpc) is 2.82. The summed E-state index contributed by atoms with van der Waals surface area (Å²) in [4.78, 5) is 11.9. The Morgan fingerprint density at radius 1 is 1.47 bits per heavy atom. The fourth-order valence-corrected chi connectivity index (χ4v) is 2.42. The predicted molar refractivity (Wildman–Crippen MR) is 70.1 cm³/mol. The second-order valence-electron chi connectivity index (χ2n) is 4.16. The van der Waals surface area contributed by atoms with Crippen molar-refractivity contribution in [3.63, 3.8) is 0 Å². The van der Waals surface area contributed by atoms with Crippen molar-refractivity contribution in [2.45, 2.75) is 25.4 Å². The van der Waals surface area contributed by atoms with E-state index >= 15 is 0 Å². The van der Waals surface area contributed by atoms with Crippen LogP contribution in [-0.2, 0) is 4.74 Å². The predicted octanol–water partition coefficient (Wildman–Crippen LogP) is 2.75. The Morgan fingerprint density at radius 3 is 3.00 bits per heavy atom. The molecule has 0 spiro atoms. The molecule has 1 saturated heterocycles. The Hall–Kier alpha value is -0.870. The van der Waals surface area contributed by atoms with Crippen LogP contribution in [0.4, 0.5) is 0 Å². The van der Waals surface area contributed by atoms with Crippen LogP contribution in [0.3, 0.4) is 0 Å². The molecule has 2 rings (SSSR count). The highest BCUT2D eigenvalue weighted by Gasteiger charge is 2.15. The largest absolute Gasteiger partial charge is 0.378 e. The van der Waals surface area contributed by atoms with Gasteiger partial charge in [0, 0.05) is 17.6 Å². The Labute approximate surface area is 110 Å². The topological polar surface area (TPSA) is 38.3 Å². The first-order valence-electron chi connectivity index (χ1n) is 5.91. The van der Waals surface area contributed by atoms with Crippen LogP contribution in [0, 0.1) is 0 Å². The summed E-state index contributed by atoms with van der Waals surface area (Å²) in [7, 11) is 0. The van der Waals surface area contributed by atoms with Gasteiger partial charge in [0.2, 0.25) is 0 Å². The molecule has 1 heterocycles. The highest BCUT2D eigenvalue weighted by atomic mass is 79.9. The zero-order valence-electron chi connectivity index (χ0n) is 9.62. The van der Waals surface area contributed by atoms with Crippen molar-refractivity contribution >= 4 is 21.8 Å². The van der Waals surface area contributed by atoms with E-state index in [-0.39, 0.29) is 5.91 Å². The Morgan fingerprint density at radius 2 is 2.29 bits per heavy atom. The minimum atomic E-state index is -0.0320. The standard InChI is InChI=1S/C13H16BrNO2/c14-12-6-2-1-5-11(12)13(16)15-8-7-10-4-3-9-17-10/h1-2,5-6,10H,3-4,7-9H2,(H,15,16). The zero-order valence-corrected chi connectivity index (χ0v) is 11.2. The molecule has 17 heavy (non-hydrogen) atoms. The number of carbonyl (C=O) groups excluding carboxylic acids is 1. The highest BCUT2D eigenvalue weighted by molar-refractivity contribution is 9.10. The van der Waals surface area contributed by atoms with Crippen LogP contribution in [-0.4, -0.2) is 25.2 Å². The van der Waals surface area contributed by atoms with Gasteiger partial charge in [0.25, 0.3) is 5.91 Å². The number of nitrogens with one attached hydrogen (secondary N) is 1. The Bertz CT molecular complexity index is 389. The van der Waals surface area contributed by atoms with Gasteiger partial charge in [-0.2, -0.15) is 0 Å². The number of halogens is 1. The molecule has 1 atom stereocenters. The highest BCUT2D eigenvalue weighted by Crippen LogP contribution is 2.16. The van der Waals surface area contributed by atoms with Crippen LogP contribution in [0.1, 0.15) is 29.6 Å². The van der Waals surface area contributed by atoms with Crippen molar-refractivity contribution in [1.82, 2.24) is 5.32 Å². The van der Waals surface area contributed by atoms with E-state index in [9.17, 15) is 4.79 Å². The van der Waals surface area contributed by atoms with Crippen LogP contribution in [0.15, 0.2) is 28.7 Å². The molecule has 0 saturated carbocycles. The fraction of sp³-hybridized carbons (Fsp3) is 0.462. The van der Waals surface area contributed by atoms with Crippen LogP contribution in [0.5, 0.6) is 0 Å². The summed E-state index contributed by atoms with van der Waals surface area (Å²) in [5.41, 5.74) is 0.680. The molecule has 0 aliphatic carbocycles. The van der Waals surface area contributed by atoms with Gasteiger partial charge in [0.05, 0.1) is 11.7 Å². The number of carbonyl (C=O) groups is 1. The van der Waals surface area contributed by atoms with Crippen LogP contribution in [0.2, 0.25) is 0 Å². The molecule has 1 amide bonds. The Balaban J connectivity index is 1.79. The molecule has 0 radical (unpaired) electrons. The first-order chi connectivity index (χ1) is 8.27. The van der Waals surface area contributed by atoms with E-state index in [0.717, 1.165) is 30.3 Å². The van der Waals surface area contributed by atoms with Crippen molar-refractivity contribution in [3.8, 4) is 0 Å². The molecular weight excluding hydrogens is 282 g/mol. The van der Waals surface area contributed by atoms with Gasteiger partial charge in [-0.25, -0.2) is 0 Å². The normalized spacial score (nSPS) is 19.2. The second-order valence-corrected chi connectivity index (χ2v) is 5.01. The van der Waals surface area contributed by atoms with E-state index in [4.69, 9.17) is 4.74 Å². The smallest absolute Gasteiger partial charge is 0.252 e. The van der Waals surface area contributed by atoms with Gasteiger partial charge in [-0.3, -0.25) is 4.79 Å². The fourth-order valence-electron chi connectivity index (χ4n) is 1.96. The lowest BCUT2D eigenvalue weighted by Gasteiger charge is -2.10. The molecule has 1 unspecified atom stereocenters. The third-order valence-electron chi connectivity index (χ3n) is 2.89. The summed E-state index contributed by atoms with van der Waals surface area (Å²) in [6, 6.07) is 7.44. The molecule has 4 heteroatoms. The van der Waals surface area contributed by atoms with Gasteiger partial charge in [-0.05, 0) is 47.3 Å². The molecule has 1 fully saturated rings. The third-order valence-corrected chi connectivity index (χ3v) is 3.59. The van der Waals surface area contributed by atoms with Crippen LogP contribution >= 0.6 is 15.9 Å². The molecule has 1 N–H and O–H groups in total. The Kier molecular flexibility index (Phi) is 4.57. The van der Waals surface area contributed by atoms with Gasteiger partial charge in [0.1, 0.15) is 0 Å². The van der Waals surface area contributed by atoms with E-state index in [1.165, 1.54) is 0 Å². The third kappa shape index (κ3) is 3.54. The minimum Gasteiger partial charge on any atom is -0.378 e. The van der Waals surface area contributed by atoms with E-state index in [1.807, 2.05) is 24.3 Å². The minimum absolute atomic E-state index is 0.0320. The number of rotatable bonds is 4. The maximum Gasteiger partial charge on any atom is 0.252 e. The van der Waals surface area contributed by atoms with Crippen LogP contribution in [0.25, 0.3) is 0 Å². The zero-order chi connectivity index (χ0) is 12.1. The first kappa shape index (κ1) is 12.6. The van der Waals surface area contributed by atoms with Crippen molar-refractivity contribution < 1.29 is 9.53 Å². The quantitative estimate of drug-likeness (QED) is 0.928. The first-order valence-corrected chi connectivity index (χ1v) is 6.71. The lowest BCUT2D eigenvalue weighted by atomic mass is 10.1. The number of benzene rings is 1. The molecule has 3 nitrogen and oxygen atoms in total. The second kappa shape index (κ2) is 6.17. The summed E-state index contributed by atoms with van der Waals surface area (Å²) in [6.07, 6.45) is 3.48. The molecule has 1 aromatic rings. The summed E-state index contributed by atoms with van der Waals surface area (Å²) >= 11 is 3.37. The average molecular weight is 298 g/mol. The number of hydrogen-bond acceptors (Lipinski definition) is 2. The van der Waals surface area contributed by atoms with E-state index in [2.05, 4.69) is 21.2 Å². The van der Waals surface area contributed by atoms with E-state index < -0.39 is 0 Å². The summed E-state index contributed by atoms with van der Waals surface area (Å²) < 4.78 is 6.33. The van der Waals surface area contributed by atoms with Crippen LogP contribution < -0.4 is 5.32 Å². The van der Waals surface area contributed by atoms with Gasteiger partial charge in [0.15, 0.2) is 0 Å². The number of ether oxygens (including phenoxy) is 1. The molecule has 0 aromatic heterocycles. The maximum absolute atomic E-state index is 11.9.